The smallest absolute Gasteiger partial charge is 0.338 e. The fourth-order valence-electron chi connectivity index (χ4n) is 2.25. The second-order valence-electron chi connectivity index (χ2n) is 4.65. The summed E-state index contributed by atoms with van der Waals surface area (Å²) in [7, 11) is 0. The quantitative estimate of drug-likeness (QED) is 0.801. The van der Waals surface area contributed by atoms with Gasteiger partial charge in [-0.05, 0) is 25.7 Å². The van der Waals surface area contributed by atoms with Crippen molar-refractivity contribution in [2.75, 3.05) is 12.9 Å². The molecule has 2 atom stereocenters. The number of carbonyl (C=O) groups excluding carboxylic acids is 1. The predicted octanol–water partition coefficient (Wildman–Crippen LogP) is 2.67. The van der Waals surface area contributed by atoms with Crippen LogP contribution in [-0.2, 0) is 20.7 Å². The van der Waals surface area contributed by atoms with Crippen LogP contribution < -0.4 is 0 Å². The Hall–Kier alpha value is -1.49. The van der Waals surface area contributed by atoms with Crippen LogP contribution in [0.5, 0.6) is 0 Å². The first-order valence-electron chi connectivity index (χ1n) is 6.64. The monoisotopic (exact) mass is 293 g/mol. The molecule has 0 aromatic heterocycles. The number of benzene rings is 1. The van der Waals surface area contributed by atoms with E-state index in [1.54, 1.807) is 6.92 Å². The fraction of sp³-hybridized carbons (Fsp3) is 0.467. The molecule has 0 saturated heterocycles. The summed E-state index contributed by atoms with van der Waals surface area (Å²) in [6.07, 6.45) is 2.04. The molecule has 1 heterocycles. The van der Waals surface area contributed by atoms with E-state index in [0.717, 1.165) is 5.56 Å². The van der Waals surface area contributed by atoms with E-state index in [1.165, 1.54) is 11.8 Å². The van der Waals surface area contributed by atoms with E-state index in [-0.39, 0.29) is 12.1 Å². The Morgan fingerprint density at radius 3 is 2.70 bits per heavy atom. The van der Waals surface area contributed by atoms with Crippen LogP contribution in [0.3, 0.4) is 0 Å². The second kappa shape index (κ2) is 6.31. The van der Waals surface area contributed by atoms with E-state index >= 15 is 0 Å². The normalized spacial score (nSPS) is 24.9. The van der Waals surface area contributed by atoms with Gasteiger partial charge in [0.1, 0.15) is 6.10 Å². The van der Waals surface area contributed by atoms with E-state index in [4.69, 9.17) is 9.47 Å². The Morgan fingerprint density at radius 2 is 2.15 bits per heavy atom. The van der Waals surface area contributed by atoms with Gasteiger partial charge in [0.15, 0.2) is 0 Å². The summed E-state index contributed by atoms with van der Waals surface area (Å²) in [5.74, 6) is -0.319. The van der Waals surface area contributed by atoms with Crippen molar-refractivity contribution < 1.29 is 14.3 Å². The van der Waals surface area contributed by atoms with Gasteiger partial charge in [-0.1, -0.05) is 42.1 Å². The van der Waals surface area contributed by atoms with Gasteiger partial charge < -0.3 is 9.47 Å². The molecule has 1 aliphatic heterocycles. The van der Waals surface area contributed by atoms with Gasteiger partial charge in [0, 0.05) is 6.42 Å². The van der Waals surface area contributed by atoms with Crippen LogP contribution in [0, 0.1) is 0 Å². The fourth-order valence-corrected chi connectivity index (χ4v) is 2.75. The molecule has 0 radical (unpaired) electrons. The van der Waals surface area contributed by atoms with Gasteiger partial charge >= 0.3 is 5.97 Å². The summed E-state index contributed by atoms with van der Waals surface area (Å²) in [5, 5.41) is 0.543. The van der Waals surface area contributed by atoms with Crippen molar-refractivity contribution in [3.05, 3.63) is 35.9 Å². The molecule has 1 aromatic rings. The lowest BCUT2D eigenvalue weighted by Crippen LogP contribution is -2.47. The Morgan fingerprint density at radius 1 is 1.45 bits per heavy atom. The summed E-state index contributed by atoms with van der Waals surface area (Å²) < 4.78 is 10.9. The largest absolute Gasteiger partial charge is 0.467 e. The Labute approximate surface area is 123 Å². The van der Waals surface area contributed by atoms with Crippen molar-refractivity contribution in [1.82, 2.24) is 0 Å². The molecule has 0 N–H and O–H groups in total. The zero-order valence-corrected chi connectivity index (χ0v) is 12.8. The van der Waals surface area contributed by atoms with Gasteiger partial charge in [-0.25, -0.2) is 9.79 Å². The highest BCUT2D eigenvalue weighted by molar-refractivity contribution is 8.12. The predicted molar refractivity (Wildman–Crippen MR) is 81.0 cm³/mol. The van der Waals surface area contributed by atoms with E-state index in [9.17, 15) is 4.79 Å². The molecule has 1 aliphatic rings. The third kappa shape index (κ3) is 2.82. The highest BCUT2D eigenvalue weighted by Gasteiger charge is 2.51. The summed E-state index contributed by atoms with van der Waals surface area (Å²) in [6.45, 7) is 4.01. The van der Waals surface area contributed by atoms with E-state index in [2.05, 4.69) is 4.99 Å². The number of esters is 1. The molecule has 0 fully saturated rings. The van der Waals surface area contributed by atoms with Crippen molar-refractivity contribution in [3.8, 4) is 0 Å². The molecule has 5 heteroatoms. The Kier molecular flexibility index (Phi) is 4.70. The molecule has 108 valence electrons. The lowest BCUT2D eigenvalue weighted by atomic mass is 9.87. The number of carbonyl (C=O) groups is 1. The van der Waals surface area contributed by atoms with Gasteiger partial charge in [-0.3, -0.25) is 0 Å². The highest BCUT2D eigenvalue weighted by Crippen LogP contribution is 2.33. The molecule has 20 heavy (non-hydrogen) atoms. The number of thioether (sulfide) groups is 1. The minimum atomic E-state index is -0.976. The molecule has 0 aliphatic carbocycles. The molecule has 0 unspecified atom stereocenters. The first kappa shape index (κ1) is 14.9. The van der Waals surface area contributed by atoms with Crippen LogP contribution in [0.2, 0.25) is 0 Å². The first-order chi connectivity index (χ1) is 9.62. The van der Waals surface area contributed by atoms with Gasteiger partial charge in [0.2, 0.25) is 10.8 Å². The summed E-state index contributed by atoms with van der Waals surface area (Å²) in [4.78, 5) is 16.9. The van der Waals surface area contributed by atoms with Crippen LogP contribution in [0.1, 0.15) is 19.4 Å². The minimum Gasteiger partial charge on any atom is -0.467 e. The van der Waals surface area contributed by atoms with Gasteiger partial charge in [-0.15, -0.1) is 0 Å². The number of rotatable bonds is 4. The topological polar surface area (TPSA) is 47.9 Å². The van der Waals surface area contributed by atoms with Crippen molar-refractivity contribution >= 4 is 23.0 Å². The SMILES string of the molecule is CCOC(=O)[C@@]1(Cc2ccccc2)N=C(SC)O[C@H]1C. The maximum Gasteiger partial charge on any atom is 0.338 e. The lowest BCUT2D eigenvalue weighted by molar-refractivity contribution is -0.151. The third-order valence-corrected chi connectivity index (χ3v) is 3.90. The average Bonchev–Trinajstić information content (AvgIpc) is 2.78. The van der Waals surface area contributed by atoms with Crippen LogP contribution in [0.4, 0.5) is 0 Å². The molecule has 1 aromatic carbocycles. The maximum atomic E-state index is 12.4. The number of hydrogen-bond donors (Lipinski definition) is 0. The molecule has 2 rings (SSSR count). The minimum absolute atomic E-state index is 0.319. The van der Waals surface area contributed by atoms with Crippen molar-refractivity contribution in [1.29, 1.82) is 0 Å². The van der Waals surface area contributed by atoms with Crippen LogP contribution in [0.25, 0.3) is 0 Å². The van der Waals surface area contributed by atoms with Crippen LogP contribution in [-0.4, -0.2) is 35.7 Å². The zero-order chi connectivity index (χ0) is 14.6. The summed E-state index contributed by atoms with van der Waals surface area (Å²) in [6, 6.07) is 9.83. The molecule has 0 saturated carbocycles. The Balaban J connectivity index is 2.34. The van der Waals surface area contributed by atoms with Gasteiger partial charge in [0.25, 0.3) is 0 Å². The second-order valence-corrected chi connectivity index (χ2v) is 5.41. The van der Waals surface area contributed by atoms with Crippen LogP contribution in [0.15, 0.2) is 35.3 Å². The summed E-state index contributed by atoms with van der Waals surface area (Å²) in [5.41, 5.74) is 0.0671. The standard InChI is InChI=1S/C15H19NO3S/c1-4-18-13(17)15(10-12-8-6-5-7-9-12)11(2)19-14(16-15)20-3/h5-9,11H,4,10H2,1-3H3/t11-,15-/m0/s1. The van der Waals surface area contributed by atoms with E-state index < -0.39 is 5.54 Å². The number of hydrogen-bond acceptors (Lipinski definition) is 5. The van der Waals surface area contributed by atoms with Crippen molar-refractivity contribution in [2.45, 2.75) is 31.9 Å². The average molecular weight is 293 g/mol. The number of ether oxygens (including phenoxy) is 2. The molecule has 0 bridgehead atoms. The first-order valence-corrected chi connectivity index (χ1v) is 7.86. The molecule has 4 nitrogen and oxygen atoms in total. The third-order valence-electron chi connectivity index (χ3n) is 3.36. The molecule has 0 amide bonds. The van der Waals surface area contributed by atoms with Crippen molar-refractivity contribution in [3.63, 3.8) is 0 Å². The van der Waals surface area contributed by atoms with E-state index in [0.29, 0.717) is 18.3 Å². The molecule has 0 spiro atoms. The van der Waals surface area contributed by atoms with Crippen molar-refractivity contribution in [2.24, 2.45) is 4.99 Å². The summed E-state index contributed by atoms with van der Waals surface area (Å²) >= 11 is 1.40. The molecular formula is C15H19NO3S. The Bertz CT molecular complexity index is 503. The van der Waals surface area contributed by atoms with Crippen LogP contribution >= 0.6 is 11.8 Å². The maximum absolute atomic E-state index is 12.4. The highest BCUT2D eigenvalue weighted by atomic mass is 32.2. The zero-order valence-electron chi connectivity index (χ0n) is 12.0. The van der Waals surface area contributed by atoms with Gasteiger partial charge in [0.05, 0.1) is 6.61 Å². The van der Waals surface area contributed by atoms with Gasteiger partial charge in [-0.2, -0.15) is 0 Å². The molecular weight excluding hydrogens is 274 g/mol. The van der Waals surface area contributed by atoms with E-state index in [1.807, 2.05) is 43.5 Å². The number of nitrogens with zero attached hydrogens (tertiary/aromatic N) is 1. The number of aliphatic imine (C=N–C) groups is 1. The lowest BCUT2D eigenvalue weighted by Gasteiger charge is -2.26.